The fraction of sp³-hybridized carbons (Fsp3) is 0.188. The quantitative estimate of drug-likeness (QED) is 0.628. The fourth-order valence-corrected chi connectivity index (χ4v) is 2.31. The van der Waals surface area contributed by atoms with Crippen molar-refractivity contribution in [3.8, 4) is 11.1 Å². The van der Waals surface area contributed by atoms with E-state index in [0.29, 0.717) is 5.56 Å². The summed E-state index contributed by atoms with van der Waals surface area (Å²) < 4.78 is 0. The van der Waals surface area contributed by atoms with Crippen LogP contribution in [0.5, 0.6) is 0 Å². The molecule has 0 amide bonds. The number of Topliss-reactive ketones (excluding diaryl/α,β-unsaturated/α-hetero) is 1. The van der Waals surface area contributed by atoms with Crippen LogP contribution in [0.2, 0.25) is 0 Å². The number of nitro benzene ring substituents is 1. The molecular formula is C16H15NO3. The Morgan fingerprint density at radius 1 is 1.15 bits per heavy atom. The van der Waals surface area contributed by atoms with Gasteiger partial charge in [-0.15, -0.1) is 0 Å². The molecule has 0 N–H and O–H groups in total. The van der Waals surface area contributed by atoms with E-state index in [9.17, 15) is 14.9 Å². The first-order valence-corrected chi connectivity index (χ1v) is 6.32. The molecule has 0 fully saturated rings. The minimum Gasteiger partial charge on any atom is -0.300 e. The van der Waals surface area contributed by atoms with Gasteiger partial charge in [0.05, 0.1) is 4.92 Å². The van der Waals surface area contributed by atoms with Crippen molar-refractivity contribution in [3.63, 3.8) is 0 Å². The smallest absolute Gasteiger partial charge is 0.272 e. The molecule has 0 aliphatic rings. The summed E-state index contributed by atoms with van der Waals surface area (Å²) in [5.74, 6) is -0.00854. The van der Waals surface area contributed by atoms with Crippen molar-refractivity contribution < 1.29 is 9.72 Å². The Labute approximate surface area is 117 Å². The van der Waals surface area contributed by atoms with Gasteiger partial charge in [0, 0.05) is 18.1 Å². The molecule has 0 radical (unpaired) electrons. The van der Waals surface area contributed by atoms with E-state index in [1.807, 2.05) is 30.3 Å². The van der Waals surface area contributed by atoms with E-state index in [-0.39, 0.29) is 17.9 Å². The van der Waals surface area contributed by atoms with Crippen molar-refractivity contribution >= 4 is 11.5 Å². The molecule has 0 heterocycles. The lowest BCUT2D eigenvalue weighted by Gasteiger charge is -2.12. The minimum absolute atomic E-state index is 0.00854. The van der Waals surface area contributed by atoms with E-state index >= 15 is 0 Å². The maximum atomic E-state index is 11.5. The lowest BCUT2D eigenvalue weighted by atomic mass is 9.92. The second-order valence-electron chi connectivity index (χ2n) is 4.74. The summed E-state index contributed by atoms with van der Waals surface area (Å²) in [5.41, 5.74) is 3.19. The molecule has 0 spiro atoms. The third kappa shape index (κ3) is 2.74. The van der Waals surface area contributed by atoms with Gasteiger partial charge in [-0.05, 0) is 36.6 Å². The number of hydrogen-bond donors (Lipinski definition) is 0. The van der Waals surface area contributed by atoms with Crippen LogP contribution in [0, 0.1) is 17.0 Å². The Hall–Kier alpha value is -2.49. The molecule has 0 bridgehead atoms. The predicted molar refractivity (Wildman–Crippen MR) is 77.7 cm³/mol. The molecule has 20 heavy (non-hydrogen) atoms. The SMILES string of the molecule is CC(=O)Cc1c(-c2ccccc2)ccc([N+](=O)[O-])c1C. The highest BCUT2D eigenvalue weighted by molar-refractivity contribution is 5.83. The van der Waals surface area contributed by atoms with Crippen molar-refractivity contribution in [2.24, 2.45) is 0 Å². The average Bonchev–Trinajstić information content (AvgIpc) is 2.41. The molecule has 2 aromatic rings. The molecule has 0 aliphatic heterocycles. The van der Waals surface area contributed by atoms with Gasteiger partial charge in [0.1, 0.15) is 5.78 Å². The van der Waals surface area contributed by atoms with Crippen LogP contribution in [0.1, 0.15) is 18.1 Å². The van der Waals surface area contributed by atoms with Gasteiger partial charge in [-0.25, -0.2) is 0 Å². The molecule has 0 saturated heterocycles. The van der Waals surface area contributed by atoms with Gasteiger partial charge < -0.3 is 0 Å². The second kappa shape index (κ2) is 5.65. The van der Waals surface area contributed by atoms with Crippen LogP contribution >= 0.6 is 0 Å². The van der Waals surface area contributed by atoms with E-state index in [1.54, 1.807) is 13.0 Å². The summed E-state index contributed by atoms with van der Waals surface area (Å²) in [6.45, 7) is 3.19. The van der Waals surface area contributed by atoms with Gasteiger partial charge in [0.2, 0.25) is 0 Å². The highest BCUT2D eigenvalue weighted by atomic mass is 16.6. The van der Waals surface area contributed by atoms with E-state index in [1.165, 1.54) is 13.0 Å². The largest absolute Gasteiger partial charge is 0.300 e. The predicted octanol–water partition coefficient (Wildman–Crippen LogP) is 3.70. The average molecular weight is 269 g/mol. The highest BCUT2D eigenvalue weighted by Crippen LogP contribution is 2.32. The third-order valence-electron chi connectivity index (χ3n) is 3.28. The first-order valence-electron chi connectivity index (χ1n) is 6.32. The first kappa shape index (κ1) is 13.9. The zero-order chi connectivity index (χ0) is 14.7. The maximum absolute atomic E-state index is 11.5. The Bertz CT molecular complexity index is 663. The molecule has 2 rings (SSSR count). The molecule has 4 heteroatoms. The zero-order valence-corrected chi connectivity index (χ0v) is 11.4. The number of nitro groups is 1. The summed E-state index contributed by atoms with van der Waals surface area (Å²) >= 11 is 0. The lowest BCUT2D eigenvalue weighted by Crippen LogP contribution is -2.04. The summed E-state index contributed by atoms with van der Waals surface area (Å²) in [6.07, 6.45) is 0.206. The van der Waals surface area contributed by atoms with E-state index in [2.05, 4.69) is 0 Å². The van der Waals surface area contributed by atoms with Crippen LogP contribution in [0.25, 0.3) is 11.1 Å². The third-order valence-corrected chi connectivity index (χ3v) is 3.28. The summed E-state index contributed by atoms with van der Waals surface area (Å²) in [4.78, 5) is 22.1. The van der Waals surface area contributed by atoms with Crippen LogP contribution in [-0.4, -0.2) is 10.7 Å². The van der Waals surface area contributed by atoms with Crippen LogP contribution in [0.3, 0.4) is 0 Å². The van der Waals surface area contributed by atoms with Crippen molar-refractivity contribution in [1.29, 1.82) is 0 Å². The molecule has 0 atom stereocenters. The molecule has 0 saturated carbocycles. The molecule has 2 aromatic carbocycles. The van der Waals surface area contributed by atoms with Gasteiger partial charge in [-0.3, -0.25) is 14.9 Å². The number of ketones is 1. The number of hydrogen-bond acceptors (Lipinski definition) is 3. The van der Waals surface area contributed by atoms with Crippen LogP contribution in [-0.2, 0) is 11.2 Å². The second-order valence-corrected chi connectivity index (χ2v) is 4.74. The molecular weight excluding hydrogens is 254 g/mol. The Balaban J connectivity index is 2.66. The highest BCUT2D eigenvalue weighted by Gasteiger charge is 2.18. The monoisotopic (exact) mass is 269 g/mol. The van der Waals surface area contributed by atoms with Crippen molar-refractivity contribution in [2.75, 3.05) is 0 Å². The van der Waals surface area contributed by atoms with Crippen LogP contribution in [0.15, 0.2) is 42.5 Å². The number of benzene rings is 2. The molecule has 0 aliphatic carbocycles. The topological polar surface area (TPSA) is 60.2 Å². The Morgan fingerprint density at radius 3 is 2.35 bits per heavy atom. The van der Waals surface area contributed by atoms with Crippen LogP contribution < -0.4 is 0 Å². The molecule has 102 valence electrons. The summed E-state index contributed by atoms with van der Waals surface area (Å²) in [6, 6.07) is 12.8. The number of rotatable bonds is 4. The van der Waals surface area contributed by atoms with Gasteiger partial charge in [0.25, 0.3) is 5.69 Å². The van der Waals surface area contributed by atoms with Gasteiger partial charge in [-0.1, -0.05) is 30.3 Å². The van der Waals surface area contributed by atoms with E-state index in [4.69, 9.17) is 0 Å². The van der Waals surface area contributed by atoms with E-state index < -0.39 is 4.92 Å². The first-order chi connectivity index (χ1) is 9.50. The zero-order valence-electron chi connectivity index (χ0n) is 11.4. The molecule has 4 nitrogen and oxygen atoms in total. The van der Waals surface area contributed by atoms with E-state index in [0.717, 1.165) is 16.7 Å². The summed E-state index contributed by atoms with van der Waals surface area (Å²) in [5, 5.41) is 11.0. The van der Waals surface area contributed by atoms with Crippen molar-refractivity contribution in [1.82, 2.24) is 0 Å². The Kier molecular flexibility index (Phi) is 3.94. The van der Waals surface area contributed by atoms with Gasteiger partial charge in [0.15, 0.2) is 0 Å². The number of carbonyl (C=O) groups is 1. The minimum atomic E-state index is -0.409. The normalized spacial score (nSPS) is 10.3. The lowest BCUT2D eigenvalue weighted by molar-refractivity contribution is -0.385. The molecule has 0 unspecified atom stereocenters. The van der Waals surface area contributed by atoms with Gasteiger partial charge in [-0.2, -0.15) is 0 Å². The van der Waals surface area contributed by atoms with Gasteiger partial charge >= 0.3 is 0 Å². The maximum Gasteiger partial charge on any atom is 0.272 e. The fourth-order valence-electron chi connectivity index (χ4n) is 2.31. The molecule has 0 aromatic heterocycles. The van der Waals surface area contributed by atoms with Crippen molar-refractivity contribution in [2.45, 2.75) is 20.3 Å². The number of carbonyl (C=O) groups excluding carboxylic acids is 1. The van der Waals surface area contributed by atoms with Crippen molar-refractivity contribution in [3.05, 3.63) is 63.7 Å². The van der Waals surface area contributed by atoms with Crippen LogP contribution in [0.4, 0.5) is 5.69 Å². The number of nitrogens with zero attached hydrogens (tertiary/aromatic N) is 1. The summed E-state index contributed by atoms with van der Waals surface area (Å²) in [7, 11) is 0. The Morgan fingerprint density at radius 2 is 1.80 bits per heavy atom. The standard InChI is InChI=1S/C16H15NO3/c1-11(18)10-15-12(2)16(17(19)20)9-8-14(15)13-6-4-3-5-7-13/h3-9H,10H2,1-2H3.